The van der Waals surface area contributed by atoms with Crippen LogP contribution in [-0.4, -0.2) is 28.0 Å². The van der Waals surface area contributed by atoms with Crippen molar-refractivity contribution in [3.05, 3.63) is 0 Å². The SMILES string of the molecule is CCOC(=O)C(CC)CC(C)P(=O)(O)O. The molecule has 2 N–H and O–H groups in total. The van der Waals surface area contributed by atoms with E-state index < -0.39 is 19.2 Å². The fourth-order valence-corrected chi connectivity index (χ4v) is 1.77. The molecule has 0 bridgehead atoms. The van der Waals surface area contributed by atoms with Gasteiger partial charge in [0.25, 0.3) is 0 Å². The number of rotatable bonds is 6. The smallest absolute Gasteiger partial charge is 0.328 e. The Balaban J connectivity index is 4.33. The van der Waals surface area contributed by atoms with E-state index >= 15 is 0 Å². The summed E-state index contributed by atoms with van der Waals surface area (Å²) in [4.78, 5) is 29.2. The van der Waals surface area contributed by atoms with Gasteiger partial charge in [-0.3, -0.25) is 9.36 Å². The first-order valence-electron chi connectivity index (χ1n) is 5.04. The topological polar surface area (TPSA) is 83.8 Å². The molecule has 0 amide bonds. The van der Waals surface area contributed by atoms with Gasteiger partial charge in [-0.2, -0.15) is 0 Å². The highest BCUT2D eigenvalue weighted by Crippen LogP contribution is 2.44. The van der Waals surface area contributed by atoms with Gasteiger partial charge in [-0.1, -0.05) is 13.8 Å². The van der Waals surface area contributed by atoms with E-state index in [1.54, 1.807) is 13.8 Å². The summed E-state index contributed by atoms with van der Waals surface area (Å²) < 4.78 is 15.7. The second kappa shape index (κ2) is 6.26. The maximum absolute atomic E-state index is 11.4. The van der Waals surface area contributed by atoms with Gasteiger partial charge in [0.1, 0.15) is 0 Å². The second-order valence-electron chi connectivity index (χ2n) is 3.53. The van der Waals surface area contributed by atoms with Gasteiger partial charge in [0.15, 0.2) is 0 Å². The van der Waals surface area contributed by atoms with Crippen molar-refractivity contribution in [1.29, 1.82) is 0 Å². The third kappa shape index (κ3) is 5.30. The molecule has 0 spiro atoms. The van der Waals surface area contributed by atoms with Crippen molar-refractivity contribution < 1.29 is 23.9 Å². The van der Waals surface area contributed by atoms with Gasteiger partial charge in [-0.15, -0.1) is 0 Å². The van der Waals surface area contributed by atoms with Gasteiger partial charge in [0.2, 0.25) is 0 Å². The Morgan fingerprint density at radius 1 is 1.40 bits per heavy atom. The van der Waals surface area contributed by atoms with E-state index in [9.17, 15) is 9.36 Å². The zero-order chi connectivity index (χ0) is 12.1. The molecule has 0 aliphatic rings. The van der Waals surface area contributed by atoms with Crippen molar-refractivity contribution in [1.82, 2.24) is 0 Å². The molecule has 6 heteroatoms. The maximum atomic E-state index is 11.4. The molecule has 0 aromatic carbocycles. The van der Waals surface area contributed by atoms with Crippen LogP contribution < -0.4 is 0 Å². The molecule has 0 heterocycles. The molecule has 0 aliphatic heterocycles. The maximum Gasteiger partial charge on any atom is 0.328 e. The van der Waals surface area contributed by atoms with Crippen LogP contribution in [0.1, 0.15) is 33.6 Å². The zero-order valence-electron chi connectivity index (χ0n) is 9.34. The summed E-state index contributed by atoms with van der Waals surface area (Å²) in [5, 5.41) is 0. The van der Waals surface area contributed by atoms with Crippen LogP contribution in [0.5, 0.6) is 0 Å². The minimum atomic E-state index is -4.09. The molecule has 2 atom stereocenters. The van der Waals surface area contributed by atoms with E-state index in [0.717, 1.165) is 0 Å². The molecule has 2 unspecified atom stereocenters. The Bertz CT molecular complexity index is 247. The first kappa shape index (κ1) is 14.6. The molecular formula is C9H19O5P. The standard InChI is InChI=1S/C9H19O5P/c1-4-8(9(10)14-5-2)6-7(3)15(11,12)13/h7-8H,4-6H2,1-3H3,(H2,11,12,13). The fourth-order valence-electron chi connectivity index (χ4n) is 1.24. The molecule has 0 saturated carbocycles. The number of hydrogen-bond donors (Lipinski definition) is 2. The highest BCUT2D eigenvalue weighted by Gasteiger charge is 2.29. The van der Waals surface area contributed by atoms with Crippen molar-refractivity contribution in [3.8, 4) is 0 Å². The number of esters is 1. The lowest BCUT2D eigenvalue weighted by Crippen LogP contribution is -2.21. The molecule has 0 aromatic heterocycles. The van der Waals surface area contributed by atoms with Crippen molar-refractivity contribution >= 4 is 13.6 Å². The van der Waals surface area contributed by atoms with Crippen LogP contribution in [0.3, 0.4) is 0 Å². The Labute approximate surface area is 90.0 Å². The number of carbonyl (C=O) groups is 1. The van der Waals surface area contributed by atoms with Gasteiger partial charge in [0, 0.05) is 0 Å². The molecule has 0 fully saturated rings. The highest BCUT2D eigenvalue weighted by molar-refractivity contribution is 7.52. The fraction of sp³-hybridized carbons (Fsp3) is 0.889. The van der Waals surface area contributed by atoms with Crippen LogP contribution >= 0.6 is 7.60 Å². The summed E-state index contributed by atoms with van der Waals surface area (Å²) in [6.07, 6.45) is 0.697. The predicted molar refractivity (Wildman–Crippen MR) is 56.5 cm³/mol. The molecule has 5 nitrogen and oxygen atoms in total. The molecule has 15 heavy (non-hydrogen) atoms. The predicted octanol–water partition coefficient (Wildman–Crippen LogP) is 1.53. The summed E-state index contributed by atoms with van der Waals surface area (Å²) >= 11 is 0. The van der Waals surface area contributed by atoms with E-state index in [2.05, 4.69) is 0 Å². The summed E-state index contributed by atoms with van der Waals surface area (Å²) in [5.41, 5.74) is -0.799. The molecule has 0 aliphatic carbocycles. The second-order valence-corrected chi connectivity index (χ2v) is 5.59. The van der Waals surface area contributed by atoms with E-state index in [1.165, 1.54) is 6.92 Å². The van der Waals surface area contributed by atoms with Crippen LogP contribution in [0, 0.1) is 5.92 Å². The normalized spacial score (nSPS) is 15.8. The van der Waals surface area contributed by atoms with Crippen LogP contribution in [0.2, 0.25) is 0 Å². The monoisotopic (exact) mass is 238 g/mol. The van der Waals surface area contributed by atoms with E-state index in [-0.39, 0.29) is 12.4 Å². The van der Waals surface area contributed by atoms with E-state index in [4.69, 9.17) is 14.5 Å². The Morgan fingerprint density at radius 3 is 2.27 bits per heavy atom. The van der Waals surface area contributed by atoms with E-state index in [1.807, 2.05) is 0 Å². The summed E-state index contributed by atoms with van der Waals surface area (Å²) in [6.45, 7) is 5.24. The molecule has 0 saturated heterocycles. The van der Waals surface area contributed by atoms with Gasteiger partial charge in [-0.25, -0.2) is 0 Å². The van der Waals surface area contributed by atoms with Gasteiger partial charge in [0.05, 0.1) is 18.2 Å². The average molecular weight is 238 g/mol. The third-order valence-corrected chi connectivity index (χ3v) is 3.67. The van der Waals surface area contributed by atoms with Gasteiger partial charge >= 0.3 is 13.6 Å². The lowest BCUT2D eigenvalue weighted by Gasteiger charge is -2.19. The van der Waals surface area contributed by atoms with E-state index in [0.29, 0.717) is 13.0 Å². The quantitative estimate of drug-likeness (QED) is 0.541. The average Bonchev–Trinajstić information content (AvgIpc) is 2.12. The summed E-state index contributed by atoms with van der Waals surface area (Å²) in [6, 6.07) is 0. The minimum absolute atomic E-state index is 0.166. The van der Waals surface area contributed by atoms with Crippen LogP contribution in [0.25, 0.3) is 0 Å². The lowest BCUT2D eigenvalue weighted by atomic mass is 10.0. The molecule has 0 aromatic rings. The zero-order valence-corrected chi connectivity index (χ0v) is 10.2. The molecular weight excluding hydrogens is 219 g/mol. The Kier molecular flexibility index (Phi) is 6.10. The summed E-state index contributed by atoms with van der Waals surface area (Å²) in [7, 11) is -4.09. The number of carbonyl (C=O) groups excluding carboxylic acids is 1. The van der Waals surface area contributed by atoms with Gasteiger partial charge in [-0.05, 0) is 19.8 Å². The largest absolute Gasteiger partial charge is 0.466 e. The molecule has 0 radical (unpaired) electrons. The summed E-state index contributed by atoms with van der Waals surface area (Å²) in [5.74, 6) is -0.798. The Hall–Kier alpha value is -0.380. The first-order chi connectivity index (χ1) is 6.82. The van der Waals surface area contributed by atoms with Crippen molar-refractivity contribution in [2.75, 3.05) is 6.61 Å². The number of hydrogen-bond acceptors (Lipinski definition) is 3. The van der Waals surface area contributed by atoms with Crippen LogP contribution in [0.4, 0.5) is 0 Å². The van der Waals surface area contributed by atoms with Crippen molar-refractivity contribution in [2.24, 2.45) is 5.92 Å². The van der Waals surface area contributed by atoms with Crippen molar-refractivity contribution in [2.45, 2.75) is 39.3 Å². The van der Waals surface area contributed by atoms with Crippen molar-refractivity contribution in [3.63, 3.8) is 0 Å². The first-order valence-corrected chi connectivity index (χ1v) is 6.72. The minimum Gasteiger partial charge on any atom is -0.466 e. The highest BCUT2D eigenvalue weighted by atomic mass is 31.2. The van der Waals surface area contributed by atoms with Gasteiger partial charge < -0.3 is 14.5 Å². The third-order valence-electron chi connectivity index (χ3n) is 2.31. The lowest BCUT2D eigenvalue weighted by molar-refractivity contribution is -0.148. The van der Waals surface area contributed by atoms with Crippen LogP contribution in [0.15, 0.2) is 0 Å². The molecule has 0 rings (SSSR count). The van der Waals surface area contributed by atoms with Crippen LogP contribution in [-0.2, 0) is 14.1 Å². The molecule has 90 valence electrons. The Morgan fingerprint density at radius 2 is 1.93 bits per heavy atom. The number of ether oxygens (including phenoxy) is 1.